The van der Waals surface area contributed by atoms with E-state index in [9.17, 15) is 14.0 Å². The normalized spacial score (nSPS) is 12.4. The fraction of sp³-hybridized carbons (Fsp3) is 0.481. The van der Waals surface area contributed by atoms with Gasteiger partial charge in [-0.05, 0) is 47.1 Å². The Labute approximate surface area is 197 Å². The highest BCUT2D eigenvalue weighted by Crippen LogP contribution is 2.31. The van der Waals surface area contributed by atoms with Crippen molar-refractivity contribution in [2.24, 2.45) is 5.92 Å². The fourth-order valence-corrected chi connectivity index (χ4v) is 3.56. The van der Waals surface area contributed by atoms with Gasteiger partial charge in [0.05, 0.1) is 0 Å². The molecule has 2 amide bonds. The molecule has 0 aliphatic rings. The van der Waals surface area contributed by atoms with Crippen LogP contribution in [0.4, 0.5) is 4.39 Å². The van der Waals surface area contributed by atoms with Crippen molar-refractivity contribution < 1.29 is 18.7 Å². The molecule has 0 unspecified atom stereocenters. The molecule has 33 heavy (non-hydrogen) atoms. The van der Waals surface area contributed by atoms with Gasteiger partial charge in [-0.25, -0.2) is 4.39 Å². The number of carbonyl (C=O) groups is 2. The molecule has 6 heteroatoms. The van der Waals surface area contributed by atoms with E-state index in [1.807, 2.05) is 45.0 Å². The number of nitrogens with one attached hydrogen (secondary N) is 1. The van der Waals surface area contributed by atoms with Gasteiger partial charge >= 0.3 is 0 Å². The van der Waals surface area contributed by atoms with Crippen molar-refractivity contribution in [2.45, 2.75) is 66.0 Å². The van der Waals surface area contributed by atoms with Crippen molar-refractivity contribution in [1.82, 2.24) is 10.2 Å². The fourth-order valence-electron chi connectivity index (χ4n) is 3.56. The van der Waals surface area contributed by atoms with E-state index < -0.39 is 6.04 Å². The SMILES string of the molecule is CC[C@@H](C(=O)NCC(C)C)N(Cc1ccc(F)cc1)C(=O)COc1ccccc1C(C)(C)C. The Bertz CT molecular complexity index is 920. The lowest BCUT2D eigenvalue weighted by Crippen LogP contribution is -2.50. The van der Waals surface area contributed by atoms with E-state index in [-0.39, 0.29) is 36.2 Å². The Hall–Kier alpha value is -2.89. The van der Waals surface area contributed by atoms with E-state index in [0.29, 0.717) is 24.6 Å². The first-order valence-corrected chi connectivity index (χ1v) is 11.6. The summed E-state index contributed by atoms with van der Waals surface area (Å²) in [5, 5.41) is 2.93. The third-order valence-corrected chi connectivity index (χ3v) is 5.38. The molecule has 0 aromatic heterocycles. The molecular formula is C27H37FN2O3. The number of ether oxygens (including phenoxy) is 1. The molecule has 0 heterocycles. The number of para-hydroxylation sites is 1. The maximum Gasteiger partial charge on any atom is 0.261 e. The predicted molar refractivity (Wildman–Crippen MR) is 130 cm³/mol. The number of carbonyl (C=O) groups excluding carboxylic acids is 2. The van der Waals surface area contributed by atoms with Gasteiger partial charge in [0.25, 0.3) is 5.91 Å². The van der Waals surface area contributed by atoms with Crippen LogP contribution >= 0.6 is 0 Å². The molecule has 180 valence electrons. The van der Waals surface area contributed by atoms with Gasteiger partial charge in [-0.2, -0.15) is 0 Å². The van der Waals surface area contributed by atoms with Gasteiger partial charge in [0.15, 0.2) is 6.61 Å². The average Bonchev–Trinajstić information content (AvgIpc) is 2.76. The Kier molecular flexibility index (Phi) is 9.44. The number of benzene rings is 2. The summed E-state index contributed by atoms with van der Waals surface area (Å²) in [5.74, 6) is 0.106. The van der Waals surface area contributed by atoms with E-state index >= 15 is 0 Å². The van der Waals surface area contributed by atoms with Gasteiger partial charge in [-0.1, -0.05) is 71.9 Å². The molecule has 0 saturated heterocycles. The zero-order valence-electron chi connectivity index (χ0n) is 20.7. The molecule has 2 aromatic rings. The zero-order valence-corrected chi connectivity index (χ0v) is 20.7. The minimum Gasteiger partial charge on any atom is -0.483 e. The molecule has 0 spiro atoms. The van der Waals surface area contributed by atoms with E-state index in [2.05, 4.69) is 26.1 Å². The molecule has 0 radical (unpaired) electrons. The van der Waals surface area contributed by atoms with Crippen LogP contribution in [0.3, 0.4) is 0 Å². The summed E-state index contributed by atoms with van der Waals surface area (Å²) in [6, 6.07) is 13.0. The lowest BCUT2D eigenvalue weighted by molar-refractivity contribution is -0.143. The standard InChI is InChI=1S/C27H37FN2O3/c1-7-23(26(32)29-16-19(2)3)30(17-20-12-14-21(28)15-13-20)25(31)18-33-24-11-9-8-10-22(24)27(4,5)6/h8-15,19,23H,7,16-18H2,1-6H3,(H,29,32)/t23-/m0/s1. The summed E-state index contributed by atoms with van der Waals surface area (Å²) in [7, 11) is 0. The van der Waals surface area contributed by atoms with Crippen LogP contribution in [0.2, 0.25) is 0 Å². The van der Waals surface area contributed by atoms with E-state index in [0.717, 1.165) is 11.1 Å². The van der Waals surface area contributed by atoms with Gasteiger partial charge in [-0.15, -0.1) is 0 Å². The highest BCUT2D eigenvalue weighted by molar-refractivity contribution is 5.88. The molecular weight excluding hydrogens is 419 g/mol. The molecule has 0 saturated carbocycles. The smallest absolute Gasteiger partial charge is 0.261 e. The molecule has 0 fully saturated rings. The van der Waals surface area contributed by atoms with Crippen molar-refractivity contribution in [3.8, 4) is 5.75 Å². The second-order valence-corrected chi connectivity index (χ2v) is 9.75. The van der Waals surface area contributed by atoms with Crippen molar-refractivity contribution >= 4 is 11.8 Å². The summed E-state index contributed by atoms with van der Waals surface area (Å²) >= 11 is 0. The Morgan fingerprint density at radius 3 is 2.27 bits per heavy atom. The highest BCUT2D eigenvalue weighted by Gasteiger charge is 2.29. The lowest BCUT2D eigenvalue weighted by Gasteiger charge is -2.31. The van der Waals surface area contributed by atoms with Gasteiger partial charge < -0.3 is 15.0 Å². The predicted octanol–water partition coefficient (Wildman–Crippen LogP) is 5.08. The molecule has 5 nitrogen and oxygen atoms in total. The van der Waals surface area contributed by atoms with Gasteiger partial charge in [-0.3, -0.25) is 9.59 Å². The van der Waals surface area contributed by atoms with Gasteiger partial charge in [0, 0.05) is 13.1 Å². The minimum absolute atomic E-state index is 0.143. The second-order valence-electron chi connectivity index (χ2n) is 9.75. The molecule has 2 aromatic carbocycles. The molecule has 2 rings (SSSR count). The summed E-state index contributed by atoms with van der Waals surface area (Å²) in [6.07, 6.45) is 0.454. The van der Waals surface area contributed by atoms with E-state index in [1.165, 1.54) is 17.0 Å². The van der Waals surface area contributed by atoms with Gasteiger partial charge in [0.2, 0.25) is 5.91 Å². The first kappa shape index (κ1) is 26.4. The molecule has 1 N–H and O–H groups in total. The van der Waals surface area contributed by atoms with Crippen molar-refractivity contribution in [2.75, 3.05) is 13.2 Å². The van der Waals surface area contributed by atoms with Crippen LogP contribution in [0.15, 0.2) is 48.5 Å². The number of hydrogen-bond acceptors (Lipinski definition) is 3. The Morgan fingerprint density at radius 2 is 1.70 bits per heavy atom. The number of halogens is 1. The molecule has 0 aliphatic carbocycles. The second kappa shape index (κ2) is 11.8. The first-order chi connectivity index (χ1) is 15.5. The monoisotopic (exact) mass is 456 g/mol. The maximum absolute atomic E-state index is 13.4. The van der Waals surface area contributed by atoms with Crippen LogP contribution in [-0.4, -0.2) is 35.9 Å². The number of rotatable bonds is 10. The Balaban J connectivity index is 2.25. The number of amides is 2. The summed E-state index contributed by atoms with van der Waals surface area (Å²) in [5.41, 5.74) is 1.61. The molecule has 1 atom stereocenters. The third-order valence-electron chi connectivity index (χ3n) is 5.38. The number of hydrogen-bond donors (Lipinski definition) is 1. The van der Waals surface area contributed by atoms with Crippen molar-refractivity contribution in [1.29, 1.82) is 0 Å². The largest absolute Gasteiger partial charge is 0.483 e. The first-order valence-electron chi connectivity index (χ1n) is 11.6. The van der Waals surface area contributed by atoms with E-state index in [1.54, 1.807) is 12.1 Å². The van der Waals surface area contributed by atoms with E-state index in [4.69, 9.17) is 4.74 Å². The Morgan fingerprint density at radius 1 is 1.06 bits per heavy atom. The highest BCUT2D eigenvalue weighted by atomic mass is 19.1. The van der Waals surface area contributed by atoms with Crippen LogP contribution in [0.25, 0.3) is 0 Å². The van der Waals surface area contributed by atoms with Crippen LogP contribution < -0.4 is 10.1 Å². The summed E-state index contributed by atoms with van der Waals surface area (Å²) in [4.78, 5) is 27.8. The quantitative estimate of drug-likeness (QED) is 0.542. The van der Waals surface area contributed by atoms with Crippen LogP contribution in [0, 0.1) is 11.7 Å². The lowest BCUT2D eigenvalue weighted by atomic mass is 9.86. The van der Waals surface area contributed by atoms with Crippen molar-refractivity contribution in [3.05, 3.63) is 65.5 Å². The van der Waals surface area contributed by atoms with Crippen LogP contribution in [-0.2, 0) is 21.5 Å². The summed E-state index contributed by atoms with van der Waals surface area (Å²) in [6.45, 7) is 12.7. The van der Waals surface area contributed by atoms with Gasteiger partial charge in [0.1, 0.15) is 17.6 Å². The zero-order chi connectivity index (χ0) is 24.6. The van der Waals surface area contributed by atoms with Crippen molar-refractivity contribution in [3.63, 3.8) is 0 Å². The molecule has 0 aliphatic heterocycles. The maximum atomic E-state index is 13.4. The third kappa shape index (κ3) is 7.88. The van der Waals surface area contributed by atoms with Crippen LogP contribution in [0.5, 0.6) is 5.75 Å². The summed E-state index contributed by atoms with van der Waals surface area (Å²) < 4.78 is 19.3. The minimum atomic E-state index is -0.650. The number of nitrogens with zero attached hydrogens (tertiary/aromatic N) is 1. The van der Waals surface area contributed by atoms with Crippen LogP contribution in [0.1, 0.15) is 59.1 Å². The topological polar surface area (TPSA) is 58.6 Å². The molecule has 0 bridgehead atoms. The average molecular weight is 457 g/mol.